The highest BCUT2D eigenvalue weighted by atomic mass is 35.5. The van der Waals surface area contributed by atoms with Crippen LogP contribution in [0.15, 0.2) is 41.5 Å². The molecular weight excluding hydrogens is 376 g/mol. The molecule has 6 nitrogen and oxygen atoms in total. The largest absolute Gasteiger partial charge is 0.365 e. The minimum absolute atomic E-state index is 0. The van der Waals surface area contributed by atoms with Crippen LogP contribution in [-0.2, 0) is 13.1 Å². The molecule has 0 unspecified atom stereocenters. The third-order valence-corrected chi connectivity index (χ3v) is 4.29. The summed E-state index contributed by atoms with van der Waals surface area (Å²) in [6.45, 7) is 2.72. The van der Waals surface area contributed by atoms with Gasteiger partial charge in [-0.05, 0) is 36.8 Å². The lowest BCUT2D eigenvalue weighted by atomic mass is 10.2. The van der Waals surface area contributed by atoms with E-state index in [-0.39, 0.29) is 24.6 Å². The first-order chi connectivity index (χ1) is 12.6. The lowest BCUT2D eigenvalue weighted by Crippen LogP contribution is -2.14. The zero-order chi connectivity index (χ0) is 18.3. The average molecular weight is 392 g/mol. The molecule has 9 heteroatoms. The third-order valence-electron chi connectivity index (χ3n) is 4.29. The van der Waals surface area contributed by atoms with E-state index in [0.29, 0.717) is 29.0 Å². The first-order valence-corrected chi connectivity index (χ1v) is 8.12. The molecule has 0 bridgehead atoms. The van der Waals surface area contributed by atoms with Gasteiger partial charge in [-0.2, -0.15) is 0 Å². The Morgan fingerprint density at radius 3 is 2.70 bits per heavy atom. The van der Waals surface area contributed by atoms with E-state index in [1.54, 1.807) is 4.57 Å². The van der Waals surface area contributed by atoms with E-state index in [0.717, 1.165) is 23.0 Å². The van der Waals surface area contributed by atoms with Gasteiger partial charge in [0.2, 0.25) is 0 Å². The molecule has 0 spiro atoms. The number of H-pyrrole nitrogens is 1. The van der Waals surface area contributed by atoms with E-state index in [4.69, 9.17) is 0 Å². The predicted octanol–water partition coefficient (Wildman–Crippen LogP) is 3.60. The van der Waals surface area contributed by atoms with Crippen molar-refractivity contribution >= 4 is 40.2 Å². The highest BCUT2D eigenvalue weighted by molar-refractivity contribution is 5.98. The second-order valence-corrected chi connectivity index (χ2v) is 5.89. The summed E-state index contributed by atoms with van der Waals surface area (Å²) < 4.78 is 28.0. The fourth-order valence-corrected chi connectivity index (χ4v) is 3.00. The molecule has 0 saturated carbocycles. The van der Waals surface area contributed by atoms with Gasteiger partial charge in [-0.1, -0.05) is 6.07 Å². The van der Waals surface area contributed by atoms with Crippen LogP contribution in [0.25, 0.3) is 21.9 Å². The highest BCUT2D eigenvalue weighted by Crippen LogP contribution is 2.24. The van der Waals surface area contributed by atoms with Crippen molar-refractivity contribution in [1.29, 1.82) is 0 Å². The van der Waals surface area contributed by atoms with Gasteiger partial charge in [0.15, 0.2) is 11.6 Å². The summed E-state index contributed by atoms with van der Waals surface area (Å²) in [4.78, 5) is 23.3. The van der Waals surface area contributed by atoms with Crippen molar-refractivity contribution in [3.8, 4) is 0 Å². The Kier molecular flexibility index (Phi) is 5.09. The number of anilines is 1. The van der Waals surface area contributed by atoms with Crippen molar-refractivity contribution in [2.45, 2.75) is 20.0 Å². The van der Waals surface area contributed by atoms with Gasteiger partial charge in [0.05, 0.1) is 16.6 Å². The number of hydrogen-bond donors (Lipinski definition) is 2. The molecule has 4 rings (SSSR count). The van der Waals surface area contributed by atoms with Crippen molar-refractivity contribution in [1.82, 2.24) is 19.5 Å². The standard InChI is InChI=1S/C18H15F2N5O.ClH/c1-2-25-16-7-14-11(6-15(16)24-18(25)26)17(23-9-22-14)21-8-10-3-4-12(19)13(20)5-10;/h3-7,9H,2,8H2,1H3,(H,24,26)(H,21,22,23);1H. The first-order valence-electron chi connectivity index (χ1n) is 8.12. The quantitative estimate of drug-likeness (QED) is 0.557. The zero-order valence-corrected chi connectivity index (χ0v) is 15.1. The van der Waals surface area contributed by atoms with E-state index in [1.165, 1.54) is 12.4 Å². The van der Waals surface area contributed by atoms with Crippen molar-refractivity contribution in [2.24, 2.45) is 0 Å². The number of aromatic nitrogens is 4. The Labute approximate surface area is 158 Å². The number of aryl methyl sites for hydroxylation is 1. The third kappa shape index (κ3) is 3.35. The number of halogens is 3. The van der Waals surface area contributed by atoms with E-state index >= 15 is 0 Å². The lowest BCUT2D eigenvalue weighted by molar-refractivity contribution is 0.507. The van der Waals surface area contributed by atoms with Crippen LogP contribution in [-0.4, -0.2) is 19.5 Å². The summed E-state index contributed by atoms with van der Waals surface area (Å²) in [5, 5.41) is 3.84. The number of imidazole rings is 1. The molecule has 2 aromatic carbocycles. The van der Waals surface area contributed by atoms with E-state index in [2.05, 4.69) is 20.3 Å². The number of nitrogens with zero attached hydrogens (tertiary/aromatic N) is 3. The fraction of sp³-hybridized carbons (Fsp3) is 0.167. The number of benzene rings is 2. The van der Waals surface area contributed by atoms with Crippen LogP contribution in [0.4, 0.5) is 14.6 Å². The van der Waals surface area contributed by atoms with Gasteiger partial charge in [-0.15, -0.1) is 12.4 Å². The summed E-state index contributed by atoms with van der Waals surface area (Å²) in [5.41, 5.74) is 2.55. The molecule has 0 aliphatic rings. The average Bonchev–Trinajstić information content (AvgIpc) is 2.94. The highest BCUT2D eigenvalue weighted by Gasteiger charge is 2.11. The van der Waals surface area contributed by atoms with Crippen molar-refractivity contribution in [2.75, 3.05) is 5.32 Å². The van der Waals surface area contributed by atoms with Crippen molar-refractivity contribution in [3.05, 3.63) is 64.3 Å². The number of nitrogens with one attached hydrogen (secondary N) is 2. The molecule has 0 fully saturated rings. The minimum atomic E-state index is -0.892. The van der Waals surface area contributed by atoms with Crippen molar-refractivity contribution in [3.63, 3.8) is 0 Å². The summed E-state index contributed by atoms with van der Waals surface area (Å²) in [7, 11) is 0. The molecule has 0 aliphatic heterocycles. The Hall–Kier alpha value is -3.00. The van der Waals surface area contributed by atoms with E-state index in [1.807, 2.05) is 19.1 Å². The van der Waals surface area contributed by atoms with Gasteiger partial charge in [0.1, 0.15) is 12.1 Å². The van der Waals surface area contributed by atoms with Gasteiger partial charge < -0.3 is 10.3 Å². The smallest absolute Gasteiger partial charge is 0.326 e. The molecule has 4 aromatic rings. The predicted molar refractivity (Wildman–Crippen MR) is 102 cm³/mol. The topological polar surface area (TPSA) is 75.6 Å². The second kappa shape index (κ2) is 7.32. The van der Waals surface area contributed by atoms with Crippen LogP contribution >= 0.6 is 12.4 Å². The first kappa shape index (κ1) is 18.8. The Morgan fingerprint density at radius 2 is 1.96 bits per heavy atom. The second-order valence-electron chi connectivity index (χ2n) is 5.89. The molecule has 140 valence electrons. The van der Waals surface area contributed by atoms with E-state index in [9.17, 15) is 13.6 Å². The lowest BCUT2D eigenvalue weighted by Gasteiger charge is -2.09. The van der Waals surface area contributed by atoms with Crippen LogP contribution < -0.4 is 11.0 Å². The molecule has 0 aliphatic carbocycles. The molecule has 2 aromatic heterocycles. The maximum Gasteiger partial charge on any atom is 0.326 e. The molecule has 2 heterocycles. The summed E-state index contributed by atoms with van der Waals surface area (Å²) in [6.07, 6.45) is 1.42. The molecule has 27 heavy (non-hydrogen) atoms. The monoisotopic (exact) mass is 391 g/mol. The molecule has 0 radical (unpaired) electrons. The maximum absolute atomic E-state index is 13.3. The Morgan fingerprint density at radius 1 is 1.15 bits per heavy atom. The van der Waals surface area contributed by atoms with E-state index < -0.39 is 11.6 Å². The van der Waals surface area contributed by atoms with Crippen LogP contribution in [0.5, 0.6) is 0 Å². The molecule has 0 amide bonds. The number of hydrogen-bond acceptors (Lipinski definition) is 4. The van der Waals surface area contributed by atoms with Crippen LogP contribution in [0.3, 0.4) is 0 Å². The Bertz CT molecular complexity index is 1190. The summed E-state index contributed by atoms with van der Waals surface area (Å²) in [5.74, 6) is -1.23. The van der Waals surface area contributed by atoms with Gasteiger partial charge in [-0.25, -0.2) is 23.5 Å². The minimum Gasteiger partial charge on any atom is -0.365 e. The SMILES string of the molecule is CCn1c(=O)[nH]c2cc3c(NCc4ccc(F)c(F)c4)ncnc3cc21.Cl. The van der Waals surface area contributed by atoms with Gasteiger partial charge in [-0.3, -0.25) is 4.57 Å². The maximum atomic E-state index is 13.3. The molecule has 0 atom stereocenters. The fourth-order valence-electron chi connectivity index (χ4n) is 3.00. The normalized spacial score (nSPS) is 10.9. The summed E-state index contributed by atoms with van der Waals surface area (Å²) >= 11 is 0. The van der Waals surface area contributed by atoms with Crippen LogP contribution in [0.1, 0.15) is 12.5 Å². The van der Waals surface area contributed by atoms with Crippen LogP contribution in [0, 0.1) is 11.6 Å². The van der Waals surface area contributed by atoms with Gasteiger partial charge in [0, 0.05) is 18.5 Å². The number of fused-ring (bicyclic) bond motifs is 2. The summed E-state index contributed by atoms with van der Waals surface area (Å²) in [6, 6.07) is 7.38. The van der Waals surface area contributed by atoms with Gasteiger partial charge in [0.25, 0.3) is 0 Å². The Balaban J connectivity index is 0.00000210. The van der Waals surface area contributed by atoms with Crippen molar-refractivity contribution < 1.29 is 8.78 Å². The number of rotatable bonds is 4. The van der Waals surface area contributed by atoms with Gasteiger partial charge >= 0.3 is 5.69 Å². The molecule has 2 N–H and O–H groups in total. The molecule has 0 saturated heterocycles. The van der Waals surface area contributed by atoms with Crippen LogP contribution in [0.2, 0.25) is 0 Å². The number of aromatic amines is 1. The molecular formula is C18H16ClF2N5O. The zero-order valence-electron chi connectivity index (χ0n) is 14.3.